The monoisotopic (exact) mass is 901 g/mol. The van der Waals surface area contributed by atoms with Crippen molar-refractivity contribution in [3.8, 4) is 0 Å². The Morgan fingerprint density at radius 1 is 0.565 bits per heavy atom. The number of hydrogen-bond acceptors (Lipinski definition) is 15. The number of alkyl halides is 1. The standard InChI is InChI=1S/C43H68ClN3O15/c44-14-5-1-2-6-15-53-17-19-55-21-23-57-25-27-59-29-31-61-33-34-62-32-30-60-28-26-58-24-22-56-20-18-54-16-7-3-4-11-38(48)45-36-10-8-9-35-40(36)43(52)47(42(35)51)37-12-13-39(49)46-41(37)50/h8-10,37H,1-7,11-34H2,(H,45,48)(H,46,49,50). The molecule has 1 fully saturated rings. The molecule has 1 atom stereocenters. The highest BCUT2D eigenvalue weighted by Crippen LogP contribution is 2.32. The maximum atomic E-state index is 13.2. The molecule has 2 N–H and O–H groups in total. The molecule has 1 unspecified atom stereocenters. The van der Waals surface area contributed by atoms with Crippen LogP contribution in [-0.4, -0.2) is 178 Å². The number of carbonyl (C=O) groups is 5. The summed E-state index contributed by atoms with van der Waals surface area (Å²) in [6, 6.07) is 3.53. The molecule has 1 aromatic rings. The van der Waals surface area contributed by atoms with Crippen LogP contribution in [0.3, 0.4) is 0 Å². The number of imide groups is 2. The number of unbranched alkanes of at least 4 members (excludes halogenated alkanes) is 5. The summed E-state index contributed by atoms with van der Waals surface area (Å²) in [5.74, 6) is -1.98. The molecular weight excluding hydrogens is 834 g/mol. The molecule has 2 heterocycles. The van der Waals surface area contributed by atoms with E-state index in [9.17, 15) is 24.0 Å². The zero-order valence-electron chi connectivity index (χ0n) is 36.2. The Kier molecular flexibility index (Phi) is 30.2. The smallest absolute Gasteiger partial charge is 0.264 e. The molecule has 3 rings (SSSR count). The van der Waals surface area contributed by atoms with Gasteiger partial charge in [-0.1, -0.05) is 25.3 Å². The normalized spacial score (nSPS) is 15.1. The van der Waals surface area contributed by atoms with Crippen molar-refractivity contribution in [1.82, 2.24) is 10.2 Å². The molecule has 0 aliphatic carbocycles. The van der Waals surface area contributed by atoms with E-state index in [1.54, 1.807) is 12.1 Å². The maximum Gasteiger partial charge on any atom is 0.264 e. The Hall–Kier alpha value is -3.14. The number of piperidine rings is 1. The van der Waals surface area contributed by atoms with E-state index in [0.29, 0.717) is 132 Å². The van der Waals surface area contributed by atoms with Crippen molar-refractivity contribution < 1.29 is 71.3 Å². The Morgan fingerprint density at radius 3 is 1.42 bits per heavy atom. The second kappa shape index (κ2) is 35.2. The topological polar surface area (TPSA) is 205 Å². The molecule has 0 aromatic heterocycles. The predicted octanol–water partition coefficient (Wildman–Crippen LogP) is 3.55. The van der Waals surface area contributed by atoms with E-state index in [0.717, 1.165) is 55.9 Å². The van der Waals surface area contributed by atoms with Gasteiger partial charge in [-0.05, 0) is 44.2 Å². The van der Waals surface area contributed by atoms with E-state index < -0.39 is 29.7 Å². The molecule has 62 heavy (non-hydrogen) atoms. The lowest BCUT2D eigenvalue weighted by Crippen LogP contribution is -2.54. The van der Waals surface area contributed by atoms with Gasteiger partial charge in [-0.15, -0.1) is 11.6 Å². The van der Waals surface area contributed by atoms with E-state index in [2.05, 4.69) is 10.6 Å². The lowest BCUT2D eigenvalue weighted by Gasteiger charge is -2.27. The first-order chi connectivity index (χ1) is 30.4. The number of nitrogens with one attached hydrogen (secondary N) is 2. The number of rotatable bonds is 41. The summed E-state index contributed by atoms with van der Waals surface area (Å²) in [6.07, 6.45) is 6.90. The SMILES string of the molecule is O=C1CCC(N2C(=O)c3cccc(NC(=O)CCCCCOCCOCCOCCOCCOCCOCCOCCOCCOCCOCCCCCCCl)c3C2=O)C(=O)N1. The van der Waals surface area contributed by atoms with Crippen LogP contribution in [-0.2, 0) is 61.8 Å². The van der Waals surface area contributed by atoms with Gasteiger partial charge in [0.25, 0.3) is 11.8 Å². The molecule has 18 nitrogen and oxygen atoms in total. The molecular formula is C43H68ClN3O15. The van der Waals surface area contributed by atoms with Crippen molar-refractivity contribution in [1.29, 1.82) is 0 Å². The van der Waals surface area contributed by atoms with Crippen LogP contribution in [0.5, 0.6) is 0 Å². The minimum Gasteiger partial charge on any atom is -0.379 e. The number of ether oxygens (including phenoxy) is 10. The van der Waals surface area contributed by atoms with Crippen molar-refractivity contribution in [2.75, 3.05) is 143 Å². The average Bonchev–Trinajstić information content (AvgIpc) is 3.52. The van der Waals surface area contributed by atoms with Crippen molar-refractivity contribution in [3.05, 3.63) is 29.3 Å². The second-order valence-corrected chi connectivity index (χ2v) is 14.6. The highest BCUT2D eigenvalue weighted by molar-refractivity contribution is 6.26. The van der Waals surface area contributed by atoms with E-state index in [1.165, 1.54) is 6.07 Å². The fraction of sp³-hybridized carbons (Fsp3) is 0.744. The molecule has 2 aliphatic heterocycles. The zero-order valence-corrected chi connectivity index (χ0v) is 36.9. The highest BCUT2D eigenvalue weighted by atomic mass is 35.5. The maximum absolute atomic E-state index is 13.2. The third kappa shape index (κ3) is 23.0. The van der Waals surface area contributed by atoms with Crippen molar-refractivity contribution >= 4 is 46.8 Å². The third-order valence-electron chi connectivity index (χ3n) is 9.46. The Morgan fingerprint density at radius 2 is 0.984 bits per heavy atom. The first-order valence-corrected chi connectivity index (χ1v) is 22.4. The lowest BCUT2D eigenvalue weighted by atomic mass is 10.0. The number of fused-ring (bicyclic) bond motifs is 1. The molecule has 352 valence electrons. The third-order valence-corrected chi connectivity index (χ3v) is 9.72. The highest BCUT2D eigenvalue weighted by Gasteiger charge is 2.45. The van der Waals surface area contributed by atoms with Gasteiger partial charge in [0, 0.05) is 31.9 Å². The molecule has 0 saturated carbocycles. The van der Waals surface area contributed by atoms with Crippen LogP contribution >= 0.6 is 11.6 Å². The molecule has 1 saturated heterocycles. The van der Waals surface area contributed by atoms with Gasteiger partial charge in [0.15, 0.2) is 0 Å². The van der Waals surface area contributed by atoms with Crippen LogP contribution in [0.25, 0.3) is 0 Å². The van der Waals surface area contributed by atoms with Gasteiger partial charge in [-0.25, -0.2) is 0 Å². The summed E-state index contributed by atoms with van der Waals surface area (Å²) in [7, 11) is 0. The Bertz CT molecular complexity index is 1420. The number of halogens is 1. The summed E-state index contributed by atoms with van der Waals surface area (Å²) >= 11 is 5.66. The Labute approximate surface area is 370 Å². The molecule has 1 aromatic carbocycles. The van der Waals surface area contributed by atoms with Crippen LogP contribution in [0.4, 0.5) is 5.69 Å². The number of nitrogens with zero attached hydrogens (tertiary/aromatic N) is 1. The van der Waals surface area contributed by atoms with E-state index >= 15 is 0 Å². The van der Waals surface area contributed by atoms with Crippen molar-refractivity contribution in [2.24, 2.45) is 0 Å². The fourth-order valence-electron chi connectivity index (χ4n) is 6.23. The Balaban J connectivity index is 0.989. The summed E-state index contributed by atoms with van der Waals surface area (Å²) in [4.78, 5) is 63.6. The predicted molar refractivity (Wildman–Crippen MR) is 228 cm³/mol. The van der Waals surface area contributed by atoms with E-state index in [1.807, 2.05) is 0 Å². The number of anilines is 1. The quantitative estimate of drug-likeness (QED) is 0.0548. The molecule has 0 spiro atoms. The molecule has 2 aliphatic rings. The van der Waals surface area contributed by atoms with Crippen LogP contribution in [0.2, 0.25) is 0 Å². The van der Waals surface area contributed by atoms with Crippen molar-refractivity contribution in [3.63, 3.8) is 0 Å². The van der Waals surface area contributed by atoms with E-state index in [-0.39, 0.29) is 42.0 Å². The average molecular weight is 902 g/mol. The van der Waals surface area contributed by atoms with Gasteiger partial charge in [-0.3, -0.25) is 34.2 Å². The van der Waals surface area contributed by atoms with Gasteiger partial charge in [0.05, 0.1) is 136 Å². The molecule has 0 radical (unpaired) electrons. The van der Waals surface area contributed by atoms with Gasteiger partial charge in [0.2, 0.25) is 17.7 Å². The van der Waals surface area contributed by atoms with Gasteiger partial charge >= 0.3 is 0 Å². The van der Waals surface area contributed by atoms with Crippen LogP contribution in [0.15, 0.2) is 18.2 Å². The van der Waals surface area contributed by atoms with Gasteiger partial charge in [-0.2, -0.15) is 0 Å². The van der Waals surface area contributed by atoms with Crippen LogP contribution in [0, 0.1) is 0 Å². The number of carbonyl (C=O) groups excluding carboxylic acids is 5. The minimum atomic E-state index is -1.07. The first-order valence-electron chi connectivity index (χ1n) is 21.9. The summed E-state index contributed by atoms with van der Waals surface area (Å²) in [6.45, 7) is 10.2. The first kappa shape index (κ1) is 53.2. The minimum absolute atomic E-state index is 0.0280. The molecule has 0 bridgehead atoms. The molecule has 5 amide bonds. The summed E-state index contributed by atoms with van der Waals surface area (Å²) in [5, 5.41) is 4.91. The lowest BCUT2D eigenvalue weighted by molar-refractivity contribution is -0.136. The number of amides is 5. The van der Waals surface area contributed by atoms with Crippen LogP contribution < -0.4 is 10.6 Å². The van der Waals surface area contributed by atoms with Crippen molar-refractivity contribution in [2.45, 2.75) is 70.3 Å². The van der Waals surface area contributed by atoms with Crippen LogP contribution in [0.1, 0.15) is 84.9 Å². The second-order valence-electron chi connectivity index (χ2n) is 14.3. The summed E-state index contributed by atoms with van der Waals surface area (Å²) in [5.41, 5.74) is 0.382. The molecule has 19 heteroatoms. The van der Waals surface area contributed by atoms with E-state index in [4.69, 9.17) is 59.0 Å². The van der Waals surface area contributed by atoms with Gasteiger partial charge in [0.1, 0.15) is 6.04 Å². The number of hydrogen-bond donors (Lipinski definition) is 2. The number of benzene rings is 1. The summed E-state index contributed by atoms with van der Waals surface area (Å²) < 4.78 is 55.1. The zero-order chi connectivity index (χ0) is 44.3. The van der Waals surface area contributed by atoms with Gasteiger partial charge < -0.3 is 52.7 Å². The largest absolute Gasteiger partial charge is 0.379 e. The fourth-order valence-corrected chi connectivity index (χ4v) is 6.42.